The van der Waals surface area contributed by atoms with Gasteiger partial charge in [0.1, 0.15) is 18.4 Å². The fourth-order valence-corrected chi connectivity index (χ4v) is 2.74. The molecule has 0 unspecified atom stereocenters. The molecule has 0 N–H and O–H groups in total. The number of hydrogen-bond acceptors (Lipinski definition) is 5. The highest BCUT2D eigenvalue weighted by molar-refractivity contribution is 5.94. The molecule has 0 saturated carbocycles. The maximum atomic E-state index is 12.5. The number of ether oxygens (including phenoxy) is 1. The van der Waals surface area contributed by atoms with Crippen LogP contribution < -0.4 is 4.74 Å². The molecule has 7 heteroatoms. The van der Waals surface area contributed by atoms with Crippen LogP contribution in [-0.2, 0) is 4.79 Å². The van der Waals surface area contributed by atoms with Gasteiger partial charge in [0.25, 0.3) is 5.91 Å². The second-order valence-corrected chi connectivity index (χ2v) is 6.48. The lowest BCUT2D eigenvalue weighted by atomic mass is 10.1. The van der Waals surface area contributed by atoms with Crippen molar-refractivity contribution in [2.45, 2.75) is 19.9 Å². The van der Waals surface area contributed by atoms with Gasteiger partial charge >= 0.3 is 0 Å². The van der Waals surface area contributed by atoms with E-state index in [1.165, 1.54) is 13.3 Å². The number of amides is 1. The molecule has 3 rings (SSSR count). The van der Waals surface area contributed by atoms with Gasteiger partial charge in [0.2, 0.25) is 0 Å². The van der Waals surface area contributed by atoms with E-state index < -0.39 is 0 Å². The molecule has 1 amide bonds. The Bertz CT molecular complexity index is 952. The van der Waals surface area contributed by atoms with E-state index in [0.717, 1.165) is 11.3 Å². The first-order valence-corrected chi connectivity index (χ1v) is 8.90. The van der Waals surface area contributed by atoms with Crippen LogP contribution in [0.2, 0.25) is 0 Å². The summed E-state index contributed by atoms with van der Waals surface area (Å²) in [5.41, 5.74) is 2.45. The number of benzene rings is 2. The van der Waals surface area contributed by atoms with Crippen LogP contribution in [0.3, 0.4) is 0 Å². The Morgan fingerprint density at radius 2 is 1.93 bits per heavy atom. The Kier molecular flexibility index (Phi) is 5.84. The molecule has 0 aliphatic rings. The molecule has 144 valence electrons. The standard InChI is InChI=1S/C21H22N4O3/c1-15(17-7-9-19(10-8-17)25-14-22-13-23-25)24(3)21(27)12-28-20-6-4-5-18(11-20)16(2)26/h4-11,13-15H,12H2,1-3H3/t15-/m0/s1. The first-order chi connectivity index (χ1) is 13.5. The third-order valence-electron chi connectivity index (χ3n) is 4.64. The summed E-state index contributed by atoms with van der Waals surface area (Å²) in [4.78, 5) is 29.5. The molecule has 0 spiro atoms. The van der Waals surface area contributed by atoms with E-state index >= 15 is 0 Å². The number of carbonyl (C=O) groups is 2. The van der Waals surface area contributed by atoms with Crippen LogP contribution in [0.25, 0.3) is 5.69 Å². The van der Waals surface area contributed by atoms with Crippen molar-refractivity contribution in [3.63, 3.8) is 0 Å². The SMILES string of the molecule is CC(=O)c1cccc(OCC(=O)N(C)[C@@H](C)c2ccc(-n3cncn3)cc2)c1. The number of rotatable bonds is 7. The van der Waals surface area contributed by atoms with Crippen LogP contribution in [-0.4, -0.2) is 45.0 Å². The van der Waals surface area contributed by atoms with E-state index in [9.17, 15) is 9.59 Å². The van der Waals surface area contributed by atoms with Crippen molar-refractivity contribution in [1.82, 2.24) is 19.7 Å². The molecule has 0 aliphatic heterocycles. The second kappa shape index (κ2) is 8.47. The van der Waals surface area contributed by atoms with Gasteiger partial charge in [0.15, 0.2) is 12.4 Å². The fourth-order valence-electron chi connectivity index (χ4n) is 2.74. The molecule has 0 bridgehead atoms. The van der Waals surface area contributed by atoms with Gasteiger partial charge in [-0.1, -0.05) is 24.3 Å². The summed E-state index contributed by atoms with van der Waals surface area (Å²) in [5.74, 6) is 0.303. The third-order valence-corrected chi connectivity index (χ3v) is 4.64. The zero-order valence-corrected chi connectivity index (χ0v) is 16.1. The first-order valence-electron chi connectivity index (χ1n) is 8.90. The minimum Gasteiger partial charge on any atom is -0.484 e. The van der Waals surface area contributed by atoms with E-state index in [0.29, 0.717) is 11.3 Å². The van der Waals surface area contributed by atoms with Gasteiger partial charge in [0, 0.05) is 12.6 Å². The molecule has 3 aromatic rings. The van der Waals surface area contributed by atoms with Crippen molar-refractivity contribution in [2.75, 3.05) is 13.7 Å². The van der Waals surface area contributed by atoms with Gasteiger partial charge in [-0.25, -0.2) is 9.67 Å². The predicted molar refractivity (Wildman–Crippen MR) is 104 cm³/mol. The van der Waals surface area contributed by atoms with Crippen molar-refractivity contribution in [3.8, 4) is 11.4 Å². The largest absolute Gasteiger partial charge is 0.484 e. The van der Waals surface area contributed by atoms with Gasteiger partial charge in [-0.2, -0.15) is 5.10 Å². The van der Waals surface area contributed by atoms with Crippen LogP contribution in [0.15, 0.2) is 61.2 Å². The highest BCUT2D eigenvalue weighted by atomic mass is 16.5. The lowest BCUT2D eigenvalue weighted by Crippen LogP contribution is -2.33. The van der Waals surface area contributed by atoms with E-state index in [4.69, 9.17) is 4.74 Å². The quantitative estimate of drug-likeness (QED) is 0.591. The maximum absolute atomic E-state index is 12.5. The molecule has 1 heterocycles. The van der Waals surface area contributed by atoms with Crippen LogP contribution in [0.1, 0.15) is 35.8 Å². The molecular weight excluding hydrogens is 356 g/mol. The number of likely N-dealkylation sites (N-methyl/N-ethyl adjacent to an activating group) is 1. The van der Waals surface area contributed by atoms with Crippen molar-refractivity contribution in [2.24, 2.45) is 0 Å². The average Bonchev–Trinajstić information content (AvgIpc) is 3.26. The Hall–Kier alpha value is -3.48. The zero-order chi connectivity index (χ0) is 20.1. The molecule has 2 aromatic carbocycles. The molecule has 0 fully saturated rings. The topological polar surface area (TPSA) is 77.3 Å². The van der Waals surface area contributed by atoms with Crippen molar-refractivity contribution < 1.29 is 14.3 Å². The molecule has 0 saturated heterocycles. The van der Waals surface area contributed by atoms with E-state index in [-0.39, 0.29) is 24.3 Å². The first kappa shape index (κ1) is 19.3. The summed E-state index contributed by atoms with van der Waals surface area (Å²) < 4.78 is 7.24. The number of carbonyl (C=O) groups excluding carboxylic acids is 2. The number of aromatic nitrogens is 3. The summed E-state index contributed by atoms with van der Waals surface area (Å²) in [7, 11) is 1.74. The number of Topliss-reactive ketones (excluding diaryl/α,β-unsaturated/α-hetero) is 1. The molecule has 1 aromatic heterocycles. The lowest BCUT2D eigenvalue weighted by molar-refractivity contribution is -0.134. The van der Waals surface area contributed by atoms with Crippen molar-refractivity contribution in [1.29, 1.82) is 0 Å². The second-order valence-electron chi connectivity index (χ2n) is 6.48. The Balaban J connectivity index is 1.61. The summed E-state index contributed by atoms with van der Waals surface area (Å²) >= 11 is 0. The molecule has 0 radical (unpaired) electrons. The molecule has 28 heavy (non-hydrogen) atoms. The third kappa shape index (κ3) is 4.43. The fraction of sp³-hybridized carbons (Fsp3) is 0.238. The monoisotopic (exact) mass is 378 g/mol. The summed E-state index contributed by atoms with van der Waals surface area (Å²) in [6.07, 6.45) is 3.11. The number of nitrogens with zero attached hydrogens (tertiary/aromatic N) is 4. The summed E-state index contributed by atoms with van der Waals surface area (Å²) in [6.45, 7) is 3.35. The number of hydrogen-bond donors (Lipinski definition) is 0. The normalized spacial score (nSPS) is 11.7. The minimum atomic E-state index is -0.152. The highest BCUT2D eigenvalue weighted by Crippen LogP contribution is 2.21. The Morgan fingerprint density at radius 3 is 2.57 bits per heavy atom. The van der Waals surface area contributed by atoms with Gasteiger partial charge < -0.3 is 9.64 Å². The van der Waals surface area contributed by atoms with E-state index in [1.54, 1.807) is 47.2 Å². The van der Waals surface area contributed by atoms with Crippen molar-refractivity contribution in [3.05, 3.63) is 72.3 Å². The summed E-state index contributed by atoms with van der Waals surface area (Å²) in [5, 5.41) is 4.10. The van der Waals surface area contributed by atoms with E-state index in [1.807, 2.05) is 31.2 Å². The molecule has 0 aliphatic carbocycles. The van der Waals surface area contributed by atoms with Crippen LogP contribution in [0.4, 0.5) is 0 Å². The average molecular weight is 378 g/mol. The minimum absolute atomic E-state index is 0.0446. The summed E-state index contributed by atoms with van der Waals surface area (Å²) in [6, 6.07) is 14.5. The maximum Gasteiger partial charge on any atom is 0.260 e. The zero-order valence-electron chi connectivity index (χ0n) is 16.1. The Morgan fingerprint density at radius 1 is 1.18 bits per heavy atom. The molecule has 1 atom stereocenters. The van der Waals surface area contributed by atoms with Crippen molar-refractivity contribution >= 4 is 11.7 Å². The lowest BCUT2D eigenvalue weighted by Gasteiger charge is -2.25. The van der Waals surface area contributed by atoms with Crippen LogP contribution in [0.5, 0.6) is 5.75 Å². The van der Waals surface area contributed by atoms with Gasteiger partial charge in [-0.3, -0.25) is 9.59 Å². The number of ketones is 1. The molecular formula is C21H22N4O3. The Labute approximate surface area is 163 Å². The predicted octanol–water partition coefficient (Wildman–Crippen LogP) is 3.07. The van der Waals surface area contributed by atoms with Crippen LogP contribution >= 0.6 is 0 Å². The van der Waals surface area contributed by atoms with Crippen LogP contribution in [0, 0.1) is 0 Å². The highest BCUT2D eigenvalue weighted by Gasteiger charge is 2.18. The van der Waals surface area contributed by atoms with E-state index in [2.05, 4.69) is 10.1 Å². The van der Waals surface area contributed by atoms with Gasteiger partial charge in [0.05, 0.1) is 11.7 Å². The smallest absolute Gasteiger partial charge is 0.260 e. The van der Waals surface area contributed by atoms with Gasteiger partial charge in [-0.05, 0) is 43.7 Å². The molecule has 7 nitrogen and oxygen atoms in total. The van der Waals surface area contributed by atoms with Gasteiger partial charge in [-0.15, -0.1) is 0 Å².